The second kappa shape index (κ2) is 8.84. The van der Waals surface area contributed by atoms with Crippen LogP contribution in [0.5, 0.6) is 0 Å². The van der Waals surface area contributed by atoms with Crippen LogP contribution in [0.4, 0.5) is 10.3 Å². The molecule has 0 radical (unpaired) electrons. The maximum absolute atomic E-state index is 15.4. The van der Waals surface area contributed by atoms with Crippen LogP contribution in [0.3, 0.4) is 0 Å². The second-order valence-electron chi connectivity index (χ2n) is 8.62. The van der Waals surface area contributed by atoms with Crippen molar-refractivity contribution in [3.8, 4) is 5.95 Å². The highest BCUT2D eigenvalue weighted by Crippen LogP contribution is 2.34. The van der Waals surface area contributed by atoms with E-state index in [2.05, 4.69) is 24.9 Å². The van der Waals surface area contributed by atoms with Crippen LogP contribution in [-0.4, -0.2) is 71.6 Å². The summed E-state index contributed by atoms with van der Waals surface area (Å²) in [4.78, 5) is 38.6. The van der Waals surface area contributed by atoms with E-state index in [1.165, 1.54) is 12.4 Å². The fourth-order valence-corrected chi connectivity index (χ4v) is 4.32. The van der Waals surface area contributed by atoms with E-state index in [1.807, 2.05) is 18.7 Å². The molecule has 1 saturated carbocycles. The number of alkyl halides is 1. The Bertz CT molecular complexity index is 1110. The zero-order valence-corrected chi connectivity index (χ0v) is 18.8. The van der Waals surface area contributed by atoms with Crippen LogP contribution in [0.15, 0.2) is 37.2 Å². The van der Waals surface area contributed by atoms with E-state index >= 15 is 4.39 Å². The quantitative estimate of drug-likeness (QED) is 0.570. The fourth-order valence-electron chi connectivity index (χ4n) is 4.32. The lowest BCUT2D eigenvalue weighted by molar-refractivity contribution is 0.0485. The van der Waals surface area contributed by atoms with Crippen molar-refractivity contribution in [3.05, 3.63) is 54.1 Å². The monoisotopic (exact) mass is 450 g/mol. The Morgan fingerprint density at radius 1 is 1.06 bits per heavy atom. The van der Waals surface area contributed by atoms with Crippen molar-refractivity contribution < 1.29 is 9.18 Å². The van der Waals surface area contributed by atoms with Crippen molar-refractivity contribution in [2.24, 2.45) is 0 Å². The van der Waals surface area contributed by atoms with E-state index in [0.717, 1.165) is 30.7 Å². The van der Waals surface area contributed by atoms with Gasteiger partial charge in [-0.1, -0.05) is 6.92 Å². The maximum atomic E-state index is 15.4. The molecule has 172 valence electrons. The van der Waals surface area contributed by atoms with Crippen LogP contribution in [-0.2, 0) is 6.42 Å². The average molecular weight is 451 g/mol. The van der Waals surface area contributed by atoms with Gasteiger partial charge in [0.1, 0.15) is 12.0 Å². The van der Waals surface area contributed by atoms with Gasteiger partial charge in [-0.05, 0) is 38.2 Å². The zero-order valence-electron chi connectivity index (χ0n) is 18.8. The number of halogens is 1. The summed E-state index contributed by atoms with van der Waals surface area (Å²) in [6.45, 7) is 4.67. The molecule has 1 saturated heterocycles. The van der Waals surface area contributed by atoms with Crippen molar-refractivity contribution in [1.82, 2.24) is 34.4 Å². The summed E-state index contributed by atoms with van der Waals surface area (Å²) in [6, 6.07) is -0.408. The Hall–Kier alpha value is -3.43. The van der Waals surface area contributed by atoms with Gasteiger partial charge in [-0.2, -0.15) is 0 Å². The Labute approximate surface area is 191 Å². The number of amides is 1. The van der Waals surface area contributed by atoms with E-state index < -0.39 is 12.2 Å². The summed E-state index contributed by atoms with van der Waals surface area (Å²) in [6.07, 6.45) is 12.0. The third-order valence-electron chi connectivity index (χ3n) is 6.35. The lowest BCUT2D eigenvalue weighted by Gasteiger charge is -2.41. The summed E-state index contributed by atoms with van der Waals surface area (Å²) in [5.74, 6) is 1.53. The standard InChI is InChI=1S/C23H27FN8O/c1-3-16-10-26-22(27-11-16)30-8-6-20(19(24)14-30)32(18-4-5-18)21(33)17-12-28-23(29-13-17)31-9-7-25-15(31)2/h7,9-13,18-20H,3-6,8,14H2,1-2H3/t19-,20+/m0/s1. The molecule has 4 heterocycles. The predicted molar refractivity (Wildman–Crippen MR) is 120 cm³/mol. The second-order valence-corrected chi connectivity index (χ2v) is 8.62. The highest BCUT2D eigenvalue weighted by molar-refractivity contribution is 5.94. The fraction of sp³-hybridized carbons (Fsp3) is 0.478. The van der Waals surface area contributed by atoms with Gasteiger partial charge in [0, 0.05) is 49.8 Å². The van der Waals surface area contributed by atoms with Crippen molar-refractivity contribution in [1.29, 1.82) is 0 Å². The van der Waals surface area contributed by atoms with Crippen LogP contribution < -0.4 is 4.90 Å². The van der Waals surface area contributed by atoms with Gasteiger partial charge in [0.25, 0.3) is 5.91 Å². The summed E-state index contributed by atoms with van der Waals surface area (Å²) in [5, 5.41) is 0. The van der Waals surface area contributed by atoms with E-state index in [9.17, 15) is 4.79 Å². The van der Waals surface area contributed by atoms with Gasteiger partial charge in [0.2, 0.25) is 11.9 Å². The first-order chi connectivity index (χ1) is 16.0. The van der Waals surface area contributed by atoms with Crippen LogP contribution in [0.1, 0.15) is 47.9 Å². The lowest BCUT2D eigenvalue weighted by atomic mass is 10.00. The van der Waals surface area contributed by atoms with Gasteiger partial charge >= 0.3 is 0 Å². The molecule has 0 N–H and O–H groups in total. The molecule has 1 aliphatic carbocycles. The van der Waals surface area contributed by atoms with Gasteiger partial charge in [-0.3, -0.25) is 9.36 Å². The topological polar surface area (TPSA) is 92.9 Å². The average Bonchev–Trinajstić information content (AvgIpc) is 3.59. The van der Waals surface area contributed by atoms with Gasteiger partial charge in [-0.15, -0.1) is 0 Å². The number of hydrogen-bond donors (Lipinski definition) is 0. The van der Waals surface area contributed by atoms with Crippen LogP contribution in [0, 0.1) is 6.92 Å². The zero-order chi connectivity index (χ0) is 22.9. The molecule has 33 heavy (non-hydrogen) atoms. The minimum absolute atomic E-state index is 0.0722. The molecule has 1 aliphatic heterocycles. The molecule has 5 rings (SSSR count). The van der Waals surface area contributed by atoms with Crippen molar-refractivity contribution in [3.63, 3.8) is 0 Å². The van der Waals surface area contributed by atoms with Gasteiger partial charge < -0.3 is 9.80 Å². The minimum atomic E-state index is -1.19. The van der Waals surface area contributed by atoms with Crippen molar-refractivity contribution in [2.75, 3.05) is 18.0 Å². The molecule has 0 unspecified atom stereocenters. The normalized spacial score (nSPS) is 20.6. The van der Waals surface area contributed by atoms with Gasteiger partial charge in [0.15, 0.2) is 0 Å². The number of aromatic nitrogens is 6. The Kier molecular flexibility index (Phi) is 5.74. The molecule has 9 nitrogen and oxygen atoms in total. The van der Waals surface area contributed by atoms with Crippen LogP contribution in [0.25, 0.3) is 5.95 Å². The van der Waals surface area contributed by atoms with Crippen molar-refractivity contribution in [2.45, 2.75) is 57.8 Å². The Balaban J connectivity index is 1.30. The minimum Gasteiger partial charge on any atom is -0.338 e. The molecule has 0 bridgehead atoms. The smallest absolute Gasteiger partial charge is 0.257 e. The number of hydrogen-bond acceptors (Lipinski definition) is 7. The van der Waals surface area contributed by atoms with E-state index in [4.69, 9.17) is 0 Å². The number of nitrogens with zero attached hydrogens (tertiary/aromatic N) is 8. The Morgan fingerprint density at radius 3 is 2.33 bits per heavy atom. The van der Waals surface area contributed by atoms with Crippen LogP contribution in [0.2, 0.25) is 0 Å². The first-order valence-electron chi connectivity index (χ1n) is 11.4. The highest BCUT2D eigenvalue weighted by atomic mass is 19.1. The number of anilines is 1. The molecule has 2 fully saturated rings. The largest absolute Gasteiger partial charge is 0.338 e. The first-order valence-corrected chi connectivity index (χ1v) is 11.4. The first kappa shape index (κ1) is 21.4. The van der Waals surface area contributed by atoms with Gasteiger partial charge in [0.05, 0.1) is 18.2 Å². The Morgan fingerprint density at radius 2 is 1.76 bits per heavy atom. The van der Waals surface area contributed by atoms with Gasteiger partial charge in [-0.25, -0.2) is 29.3 Å². The SMILES string of the molecule is CCc1cnc(N2CC[C@@H](N(C(=O)c3cnc(-n4ccnc4C)nc3)C3CC3)[C@@H](F)C2)nc1. The lowest BCUT2D eigenvalue weighted by Crippen LogP contribution is -2.55. The molecule has 0 spiro atoms. The maximum Gasteiger partial charge on any atom is 0.257 e. The number of carbonyl (C=O) groups excluding carboxylic acids is 1. The molecule has 3 aromatic rings. The number of imidazole rings is 1. The molecule has 0 aromatic carbocycles. The third-order valence-corrected chi connectivity index (χ3v) is 6.35. The summed E-state index contributed by atoms with van der Waals surface area (Å²) in [5.41, 5.74) is 1.42. The summed E-state index contributed by atoms with van der Waals surface area (Å²) in [7, 11) is 0. The van der Waals surface area contributed by atoms with Crippen LogP contribution >= 0.6 is 0 Å². The van der Waals surface area contributed by atoms with E-state index in [-0.39, 0.29) is 18.5 Å². The number of carbonyl (C=O) groups is 1. The molecule has 2 aliphatic rings. The van der Waals surface area contributed by atoms with Crippen molar-refractivity contribution >= 4 is 11.9 Å². The number of piperidine rings is 1. The molecular formula is C23H27FN8O. The summed E-state index contributed by atoms with van der Waals surface area (Å²) < 4.78 is 17.2. The molecular weight excluding hydrogens is 423 g/mol. The van der Waals surface area contributed by atoms with E-state index in [0.29, 0.717) is 30.4 Å². The highest BCUT2D eigenvalue weighted by Gasteiger charge is 2.43. The van der Waals surface area contributed by atoms with E-state index in [1.54, 1.807) is 34.3 Å². The number of aryl methyl sites for hydroxylation is 2. The number of rotatable bonds is 6. The third kappa shape index (κ3) is 4.29. The molecule has 1 amide bonds. The molecule has 2 atom stereocenters. The molecule has 3 aromatic heterocycles. The summed E-state index contributed by atoms with van der Waals surface area (Å²) >= 11 is 0. The molecule has 10 heteroatoms. The predicted octanol–water partition coefficient (Wildman–Crippen LogP) is 2.54.